The van der Waals surface area contributed by atoms with Crippen molar-refractivity contribution in [2.24, 2.45) is 0 Å². The van der Waals surface area contributed by atoms with Gasteiger partial charge in [-0.3, -0.25) is 0 Å². The molecule has 0 spiro atoms. The predicted octanol–water partition coefficient (Wildman–Crippen LogP) is 6.21. The number of hydrogen-bond donors (Lipinski definition) is 0. The van der Waals surface area contributed by atoms with E-state index < -0.39 is 11.7 Å². The molecule has 0 aliphatic heterocycles. The lowest BCUT2D eigenvalue weighted by molar-refractivity contribution is -0.137. The van der Waals surface area contributed by atoms with Crippen molar-refractivity contribution >= 4 is 21.8 Å². The van der Waals surface area contributed by atoms with Crippen molar-refractivity contribution in [2.75, 3.05) is 0 Å². The number of aromatic nitrogens is 2. The van der Waals surface area contributed by atoms with E-state index in [0.717, 1.165) is 52.8 Å². The molecule has 5 heteroatoms. The summed E-state index contributed by atoms with van der Waals surface area (Å²) in [4.78, 5) is 4.57. The van der Waals surface area contributed by atoms with Gasteiger partial charge in [-0.1, -0.05) is 49.4 Å². The fourth-order valence-electron chi connectivity index (χ4n) is 3.58. The molecule has 0 radical (unpaired) electrons. The Morgan fingerprint density at radius 3 is 2.52 bits per heavy atom. The van der Waals surface area contributed by atoms with Gasteiger partial charge in [0, 0.05) is 13.0 Å². The fraction of sp³-hybridized carbons (Fsp3) is 0.227. The van der Waals surface area contributed by atoms with Gasteiger partial charge in [0.2, 0.25) is 0 Å². The molecule has 27 heavy (non-hydrogen) atoms. The lowest BCUT2D eigenvalue weighted by Gasteiger charge is -2.10. The fourth-order valence-corrected chi connectivity index (χ4v) is 3.58. The van der Waals surface area contributed by atoms with E-state index in [1.54, 1.807) is 0 Å². The van der Waals surface area contributed by atoms with Crippen LogP contribution in [0.5, 0.6) is 0 Å². The Morgan fingerprint density at radius 2 is 1.74 bits per heavy atom. The molecule has 1 aromatic heterocycles. The lowest BCUT2D eigenvalue weighted by atomic mass is 10.0. The molecule has 138 valence electrons. The SMILES string of the molecule is CCCn1c(Cc2cccc3ccccc23)nc2cc(C(F)(F)F)ccc21. The quantitative estimate of drug-likeness (QED) is 0.419. The molecule has 0 bridgehead atoms. The molecule has 0 unspecified atom stereocenters. The summed E-state index contributed by atoms with van der Waals surface area (Å²) in [5.41, 5.74) is 1.61. The van der Waals surface area contributed by atoms with E-state index in [1.165, 1.54) is 6.07 Å². The maximum absolute atomic E-state index is 13.1. The van der Waals surface area contributed by atoms with Crippen LogP contribution in [-0.2, 0) is 19.1 Å². The van der Waals surface area contributed by atoms with Crippen molar-refractivity contribution in [2.45, 2.75) is 32.5 Å². The number of nitrogens with zero attached hydrogens (tertiary/aromatic N) is 2. The normalized spacial score (nSPS) is 12.1. The average Bonchev–Trinajstić information content (AvgIpc) is 2.98. The van der Waals surface area contributed by atoms with Gasteiger partial charge in [-0.2, -0.15) is 13.2 Å². The number of hydrogen-bond acceptors (Lipinski definition) is 1. The zero-order valence-electron chi connectivity index (χ0n) is 14.9. The van der Waals surface area contributed by atoms with Crippen LogP contribution in [0.15, 0.2) is 60.7 Å². The van der Waals surface area contributed by atoms with Crippen LogP contribution >= 0.6 is 0 Å². The number of benzene rings is 3. The Kier molecular flexibility index (Phi) is 4.38. The highest BCUT2D eigenvalue weighted by molar-refractivity contribution is 5.86. The highest BCUT2D eigenvalue weighted by Crippen LogP contribution is 2.32. The van der Waals surface area contributed by atoms with E-state index in [2.05, 4.69) is 36.2 Å². The number of aryl methyl sites for hydroxylation is 1. The van der Waals surface area contributed by atoms with Gasteiger partial charge in [-0.25, -0.2) is 4.98 Å². The van der Waals surface area contributed by atoms with Crippen molar-refractivity contribution < 1.29 is 13.2 Å². The maximum Gasteiger partial charge on any atom is 0.416 e. The molecule has 0 N–H and O–H groups in total. The largest absolute Gasteiger partial charge is 0.416 e. The summed E-state index contributed by atoms with van der Waals surface area (Å²) >= 11 is 0. The van der Waals surface area contributed by atoms with Gasteiger partial charge >= 0.3 is 6.18 Å². The molecule has 0 atom stereocenters. The van der Waals surface area contributed by atoms with E-state index in [4.69, 9.17) is 0 Å². The summed E-state index contributed by atoms with van der Waals surface area (Å²) in [6.45, 7) is 2.78. The third-order valence-corrected chi connectivity index (χ3v) is 4.83. The lowest BCUT2D eigenvalue weighted by Crippen LogP contribution is -2.05. The Bertz CT molecular complexity index is 1100. The van der Waals surface area contributed by atoms with Crippen LogP contribution < -0.4 is 0 Å². The van der Waals surface area contributed by atoms with E-state index in [9.17, 15) is 13.2 Å². The van der Waals surface area contributed by atoms with Crippen molar-refractivity contribution in [3.8, 4) is 0 Å². The Morgan fingerprint density at radius 1 is 0.963 bits per heavy atom. The molecule has 0 saturated carbocycles. The standard InChI is InChI=1S/C22H19F3N2/c1-2-12-27-20-11-10-17(22(23,24)25)14-19(20)26-21(27)13-16-8-5-7-15-6-3-4-9-18(15)16/h3-11,14H,2,12-13H2,1H3. The number of fused-ring (bicyclic) bond motifs is 2. The molecule has 0 amide bonds. The van der Waals surface area contributed by atoms with Crippen LogP contribution in [-0.4, -0.2) is 9.55 Å². The monoisotopic (exact) mass is 368 g/mol. The molecule has 4 aromatic rings. The zero-order valence-corrected chi connectivity index (χ0v) is 14.9. The Hall–Kier alpha value is -2.82. The first kappa shape index (κ1) is 17.6. The number of halogens is 3. The molecule has 0 aliphatic rings. The average molecular weight is 368 g/mol. The zero-order chi connectivity index (χ0) is 19.0. The minimum atomic E-state index is -4.36. The summed E-state index contributed by atoms with van der Waals surface area (Å²) < 4.78 is 41.2. The molecular formula is C22H19F3N2. The smallest absolute Gasteiger partial charge is 0.328 e. The molecule has 4 rings (SSSR count). The highest BCUT2D eigenvalue weighted by atomic mass is 19.4. The third kappa shape index (κ3) is 3.29. The van der Waals surface area contributed by atoms with Crippen LogP contribution in [0.25, 0.3) is 21.8 Å². The van der Waals surface area contributed by atoms with Gasteiger partial charge in [0.15, 0.2) is 0 Å². The number of imidazole rings is 1. The van der Waals surface area contributed by atoms with Gasteiger partial charge in [-0.15, -0.1) is 0 Å². The van der Waals surface area contributed by atoms with Crippen molar-refractivity contribution in [3.63, 3.8) is 0 Å². The topological polar surface area (TPSA) is 17.8 Å². The van der Waals surface area contributed by atoms with Crippen LogP contribution in [0.1, 0.15) is 30.3 Å². The highest BCUT2D eigenvalue weighted by Gasteiger charge is 2.31. The summed E-state index contributed by atoms with van der Waals surface area (Å²) in [6, 6.07) is 18.1. The second-order valence-corrected chi connectivity index (χ2v) is 6.70. The van der Waals surface area contributed by atoms with Crippen molar-refractivity contribution in [1.29, 1.82) is 0 Å². The van der Waals surface area contributed by atoms with Crippen molar-refractivity contribution in [3.05, 3.63) is 77.6 Å². The molecule has 3 aromatic carbocycles. The first-order valence-corrected chi connectivity index (χ1v) is 9.00. The molecule has 0 fully saturated rings. The number of alkyl halides is 3. The van der Waals surface area contributed by atoms with Crippen LogP contribution in [0.3, 0.4) is 0 Å². The van der Waals surface area contributed by atoms with E-state index in [-0.39, 0.29) is 0 Å². The summed E-state index contributed by atoms with van der Waals surface area (Å²) in [6.07, 6.45) is -2.90. The second-order valence-electron chi connectivity index (χ2n) is 6.70. The molecule has 1 heterocycles. The van der Waals surface area contributed by atoms with E-state index in [0.29, 0.717) is 11.9 Å². The van der Waals surface area contributed by atoms with Gasteiger partial charge in [-0.05, 0) is 41.0 Å². The maximum atomic E-state index is 13.1. The van der Waals surface area contributed by atoms with Gasteiger partial charge in [0.05, 0.1) is 16.6 Å². The molecule has 0 aliphatic carbocycles. The summed E-state index contributed by atoms with van der Waals surface area (Å²) in [5, 5.41) is 2.29. The van der Waals surface area contributed by atoms with Gasteiger partial charge in [0.1, 0.15) is 5.82 Å². The predicted molar refractivity (Wildman–Crippen MR) is 102 cm³/mol. The summed E-state index contributed by atoms with van der Waals surface area (Å²) in [5.74, 6) is 0.794. The third-order valence-electron chi connectivity index (χ3n) is 4.83. The number of rotatable bonds is 4. The first-order chi connectivity index (χ1) is 13.0. The van der Waals surface area contributed by atoms with E-state index in [1.807, 2.05) is 22.8 Å². The first-order valence-electron chi connectivity index (χ1n) is 9.00. The molecular weight excluding hydrogens is 349 g/mol. The second kappa shape index (κ2) is 6.72. The Balaban J connectivity index is 1.83. The van der Waals surface area contributed by atoms with Crippen LogP contribution in [0.4, 0.5) is 13.2 Å². The van der Waals surface area contributed by atoms with Gasteiger partial charge < -0.3 is 4.57 Å². The van der Waals surface area contributed by atoms with Gasteiger partial charge in [0.25, 0.3) is 0 Å². The van der Waals surface area contributed by atoms with Crippen LogP contribution in [0.2, 0.25) is 0 Å². The van der Waals surface area contributed by atoms with E-state index >= 15 is 0 Å². The molecule has 0 saturated heterocycles. The van der Waals surface area contributed by atoms with Crippen LogP contribution in [0, 0.1) is 0 Å². The minimum absolute atomic E-state index is 0.397. The Labute approximate surface area is 155 Å². The minimum Gasteiger partial charge on any atom is -0.328 e. The molecule has 2 nitrogen and oxygen atoms in total. The van der Waals surface area contributed by atoms with Crippen molar-refractivity contribution in [1.82, 2.24) is 9.55 Å². The summed E-state index contributed by atoms with van der Waals surface area (Å²) in [7, 11) is 0.